The lowest BCUT2D eigenvalue weighted by atomic mass is 10.2. The number of pyridine rings is 1. The Morgan fingerprint density at radius 1 is 1.19 bits per heavy atom. The van der Waals surface area contributed by atoms with E-state index >= 15 is 0 Å². The second-order valence-electron chi connectivity index (χ2n) is 4.31. The summed E-state index contributed by atoms with van der Waals surface area (Å²) >= 11 is 7.05. The quantitative estimate of drug-likeness (QED) is 0.526. The molecule has 0 saturated carbocycles. The molecule has 0 aliphatic rings. The van der Waals surface area contributed by atoms with Crippen LogP contribution in [0.1, 0.15) is 0 Å². The van der Waals surface area contributed by atoms with Crippen LogP contribution < -0.4 is 4.72 Å². The third-order valence-corrected chi connectivity index (χ3v) is 3.84. The minimum Gasteiger partial charge on any atom is -0.360 e. The number of benzene rings is 1. The first-order valence-electron chi connectivity index (χ1n) is 6.20. The van der Waals surface area contributed by atoms with E-state index in [2.05, 4.69) is 14.7 Å². The zero-order valence-corrected chi connectivity index (χ0v) is 12.4. The lowest BCUT2D eigenvalue weighted by Crippen LogP contribution is -1.91. The van der Waals surface area contributed by atoms with E-state index in [1.807, 2.05) is 42.6 Å². The van der Waals surface area contributed by atoms with E-state index in [9.17, 15) is 4.39 Å². The first kappa shape index (κ1) is 14.0. The van der Waals surface area contributed by atoms with Crippen molar-refractivity contribution in [2.45, 2.75) is 4.90 Å². The number of H-pyrrole nitrogens is 1. The maximum absolute atomic E-state index is 13.5. The van der Waals surface area contributed by atoms with E-state index in [-0.39, 0.29) is 5.15 Å². The van der Waals surface area contributed by atoms with Crippen molar-refractivity contribution in [1.29, 1.82) is 0 Å². The number of nitrogens with one attached hydrogen (secondary N) is 2. The first-order valence-corrected chi connectivity index (χ1v) is 7.39. The van der Waals surface area contributed by atoms with Crippen molar-refractivity contribution in [2.24, 2.45) is 0 Å². The molecule has 0 amide bonds. The van der Waals surface area contributed by atoms with Gasteiger partial charge in [-0.05, 0) is 23.6 Å². The first-order chi connectivity index (χ1) is 10.2. The van der Waals surface area contributed by atoms with Gasteiger partial charge in [0.1, 0.15) is 5.15 Å². The number of rotatable bonds is 4. The van der Waals surface area contributed by atoms with Gasteiger partial charge in [-0.25, -0.2) is 9.37 Å². The van der Waals surface area contributed by atoms with Gasteiger partial charge < -0.3 is 9.71 Å². The topological polar surface area (TPSA) is 40.7 Å². The molecule has 0 saturated heterocycles. The zero-order valence-electron chi connectivity index (χ0n) is 10.8. The third-order valence-electron chi connectivity index (χ3n) is 2.84. The Balaban J connectivity index is 1.72. The summed E-state index contributed by atoms with van der Waals surface area (Å²) in [4.78, 5) is 7.81. The molecule has 6 heteroatoms. The number of aromatic amines is 1. The summed E-state index contributed by atoms with van der Waals surface area (Å²) in [7, 11) is 0. The smallest absolute Gasteiger partial charge is 0.165 e. The van der Waals surface area contributed by atoms with E-state index in [1.54, 1.807) is 0 Å². The van der Waals surface area contributed by atoms with E-state index < -0.39 is 5.82 Å². The Morgan fingerprint density at radius 3 is 2.81 bits per heavy atom. The molecule has 0 aliphatic heterocycles. The van der Waals surface area contributed by atoms with Crippen LogP contribution in [0.5, 0.6) is 0 Å². The molecule has 2 N–H and O–H groups in total. The average Bonchev–Trinajstić information content (AvgIpc) is 2.98. The third kappa shape index (κ3) is 3.37. The highest BCUT2D eigenvalue weighted by molar-refractivity contribution is 8.00. The molecule has 2 heterocycles. The summed E-state index contributed by atoms with van der Waals surface area (Å²) in [6, 6.07) is 13.4. The molecule has 0 aliphatic carbocycles. The van der Waals surface area contributed by atoms with E-state index in [0.29, 0.717) is 5.69 Å². The molecule has 3 rings (SSSR count). The summed E-state index contributed by atoms with van der Waals surface area (Å²) in [6.45, 7) is 0. The van der Waals surface area contributed by atoms with Crippen LogP contribution in [0.15, 0.2) is 59.8 Å². The fourth-order valence-corrected chi connectivity index (χ4v) is 2.66. The maximum Gasteiger partial charge on any atom is 0.165 e. The van der Waals surface area contributed by atoms with Crippen molar-refractivity contribution in [3.8, 4) is 11.3 Å². The van der Waals surface area contributed by atoms with Crippen LogP contribution >= 0.6 is 23.5 Å². The molecule has 0 fully saturated rings. The minimum atomic E-state index is -0.439. The standard InChI is InChI=1S/C15H11ClFN3S/c16-15-7-14(12(17)9-19-15)20-21-11-6-13(18-8-11)10-4-2-1-3-5-10/h1-9,18H,(H,19,20). The van der Waals surface area contributed by atoms with Gasteiger partial charge in [-0.3, -0.25) is 0 Å². The number of halogens is 2. The summed E-state index contributed by atoms with van der Waals surface area (Å²) in [5, 5.41) is 0.249. The van der Waals surface area contributed by atoms with Crippen molar-refractivity contribution < 1.29 is 4.39 Å². The van der Waals surface area contributed by atoms with Crippen LogP contribution in [0.3, 0.4) is 0 Å². The van der Waals surface area contributed by atoms with Crippen LogP contribution in [0.4, 0.5) is 10.1 Å². The lowest BCUT2D eigenvalue weighted by Gasteiger charge is -2.04. The molecule has 3 nitrogen and oxygen atoms in total. The minimum absolute atomic E-state index is 0.249. The van der Waals surface area contributed by atoms with E-state index in [0.717, 1.165) is 22.3 Å². The molecule has 0 bridgehead atoms. The molecule has 3 aromatic rings. The van der Waals surface area contributed by atoms with Crippen molar-refractivity contribution >= 4 is 29.2 Å². The highest BCUT2D eigenvalue weighted by atomic mass is 35.5. The van der Waals surface area contributed by atoms with E-state index in [4.69, 9.17) is 11.6 Å². The number of nitrogens with zero attached hydrogens (tertiary/aromatic N) is 1. The Hall–Kier alpha value is -1.98. The SMILES string of the molecule is Fc1cnc(Cl)cc1NSc1c[nH]c(-c2ccccc2)c1. The summed E-state index contributed by atoms with van der Waals surface area (Å²) in [5.74, 6) is -0.439. The predicted octanol–water partition coefficient (Wildman–Crippen LogP) is 4.99. The van der Waals surface area contributed by atoms with Crippen molar-refractivity contribution in [1.82, 2.24) is 9.97 Å². The van der Waals surface area contributed by atoms with Gasteiger partial charge in [-0.1, -0.05) is 41.9 Å². The van der Waals surface area contributed by atoms with Crippen LogP contribution in [0.2, 0.25) is 5.15 Å². The number of hydrogen-bond donors (Lipinski definition) is 2. The largest absolute Gasteiger partial charge is 0.360 e. The predicted molar refractivity (Wildman–Crippen MR) is 84.9 cm³/mol. The normalized spacial score (nSPS) is 10.6. The Morgan fingerprint density at radius 2 is 2.00 bits per heavy atom. The monoisotopic (exact) mass is 319 g/mol. The molecule has 0 atom stereocenters. The van der Waals surface area contributed by atoms with Gasteiger partial charge in [0, 0.05) is 22.9 Å². The average molecular weight is 320 g/mol. The second-order valence-corrected chi connectivity index (χ2v) is 5.57. The van der Waals surface area contributed by atoms with Gasteiger partial charge in [-0.2, -0.15) is 0 Å². The van der Waals surface area contributed by atoms with E-state index in [1.165, 1.54) is 18.0 Å². The Kier molecular flexibility index (Phi) is 4.13. The van der Waals surface area contributed by atoms with Gasteiger partial charge >= 0.3 is 0 Å². The molecular formula is C15H11ClFN3S. The van der Waals surface area contributed by atoms with Gasteiger partial charge in [0.05, 0.1) is 11.9 Å². The van der Waals surface area contributed by atoms with Crippen LogP contribution in [0.25, 0.3) is 11.3 Å². The van der Waals surface area contributed by atoms with Crippen LogP contribution in [-0.4, -0.2) is 9.97 Å². The van der Waals surface area contributed by atoms with Crippen molar-refractivity contribution in [3.63, 3.8) is 0 Å². The molecule has 1 aromatic carbocycles. The number of anilines is 1. The second kappa shape index (κ2) is 6.20. The van der Waals surface area contributed by atoms with Crippen LogP contribution in [0, 0.1) is 5.82 Å². The number of aromatic nitrogens is 2. The molecule has 0 radical (unpaired) electrons. The highest BCUT2D eigenvalue weighted by Gasteiger charge is 2.06. The fourth-order valence-electron chi connectivity index (χ4n) is 1.82. The maximum atomic E-state index is 13.5. The van der Waals surface area contributed by atoms with Crippen molar-refractivity contribution in [3.05, 3.63) is 65.8 Å². The van der Waals surface area contributed by atoms with Gasteiger partial charge in [0.15, 0.2) is 5.82 Å². The molecule has 0 spiro atoms. The summed E-state index contributed by atoms with van der Waals surface area (Å²) in [6.07, 6.45) is 2.96. The van der Waals surface area contributed by atoms with Gasteiger partial charge in [0.2, 0.25) is 0 Å². The Labute approximate surface area is 130 Å². The summed E-state index contributed by atoms with van der Waals surface area (Å²) in [5.41, 5.74) is 2.41. The molecule has 0 unspecified atom stereocenters. The Bertz CT molecular complexity index is 746. The summed E-state index contributed by atoms with van der Waals surface area (Å²) < 4.78 is 16.5. The molecule has 2 aromatic heterocycles. The lowest BCUT2D eigenvalue weighted by molar-refractivity contribution is 0.626. The fraction of sp³-hybridized carbons (Fsp3) is 0. The highest BCUT2D eigenvalue weighted by Crippen LogP contribution is 2.27. The molecule has 106 valence electrons. The van der Waals surface area contributed by atoms with Crippen LogP contribution in [-0.2, 0) is 0 Å². The number of hydrogen-bond acceptors (Lipinski definition) is 3. The molecule has 21 heavy (non-hydrogen) atoms. The van der Waals surface area contributed by atoms with Gasteiger partial charge in [0.25, 0.3) is 0 Å². The molecular weight excluding hydrogens is 309 g/mol. The zero-order chi connectivity index (χ0) is 14.7. The van der Waals surface area contributed by atoms with Crippen molar-refractivity contribution in [2.75, 3.05) is 4.72 Å². The van der Waals surface area contributed by atoms with Gasteiger partial charge in [-0.15, -0.1) is 0 Å².